The van der Waals surface area contributed by atoms with Crippen molar-refractivity contribution in [1.82, 2.24) is 4.57 Å². The van der Waals surface area contributed by atoms with Crippen molar-refractivity contribution in [3.63, 3.8) is 0 Å². The number of aromatic nitrogens is 2. The van der Waals surface area contributed by atoms with Crippen LogP contribution in [-0.4, -0.2) is 11.8 Å². The first kappa shape index (κ1) is 23.3. The standard InChI is InChI=1S/C29H31BN4/c1-18-11-20(3)27(21(4)12-18)33-9-10-34(28-22(5)13-19(2)14-23(28)6)29(33)30-26-15-24(16-31)7-8-25(26)17-32/h8-15,26H,7,30H2,1-6H3/t26-/m1/s1. The van der Waals surface area contributed by atoms with Gasteiger partial charge in [0.1, 0.15) is 31.0 Å². The van der Waals surface area contributed by atoms with Gasteiger partial charge in [-0.3, -0.25) is 0 Å². The first-order chi connectivity index (χ1) is 16.2. The lowest BCUT2D eigenvalue weighted by Gasteiger charge is -2.22. The van der Waals surface area contributed by atoms with Crippen molar-refractivity contribution in [3.8, 4) is 23.5 Å². The Balaban J connectivity index is 1.97. The van der Waals surface area contributed by atoms with E-state index in [0.717, 1.165) is 11.1 Å². The van der Waals surface area contributed by atoms with Crippen LogP contribution in [0.25, 0.3) is 11.4 Å². The molecule has 0 N–H and O–H groups in total. The second-order valence-electron chi connectivity index (χ2n) is 9.94. The fourth-order valence-corrected chi connectivity index (χ4v) is 5.93. The number of nitriles is 2. The molecule has 34 heavy (non-hydrogen) atoms. The summed E-state index contributed by atoms with van der Waals surface area (Å²) in [6.45, 7) is 12.9. The zero-order valence-corrected chi connectivity index (χ0v) is 21.2. The fraction of sp³-hybridized carbons (Fsp3) is 0.276. The Labute approximate surface area is 203 Å². The van der Waals surface area contributed by atoms with E-state index in [9.17, 15) is 10.5 Å². The van der Waals surface area contributed by atoms with Gasteiger partial charge in [-0.2, -0.15) is 10.5 Å². The van der Waals surface area contributed by atoms with E-state index in [1.54, 1.807) is 0 Å². The molecule has 0 amide bonds. The van der Waals surface area contributed by atoms with E-state index in [1.165, 1.54) is 50.5 Å². The van der Waals surface area contributed by atoms with Gasteiger partial charge >= 0.3 is 0 Å². The summed E-state index contributed by atoms with van der Waals surface area (Å²) < 4.78 is 4.65. The van der Waals surface area contributed by atoms with Crippen LogP contribution in [0.1, 0.15) is 39.8 Å². The van der Waals surface area contributed by atoms with E-state index in [1.807, 2.05) is 12.2 Å². The van der Waals surface area contributed by atoms with E-state index in [4.69, 9.17) is 0 Å². The minimum absolute atomic E-state index is 0.00887. The van der Waals surface area contributed by atoms with Crippen molar-refractivity contribution < 1.29 is 4.57 Å². The molecule has 3 aromatic rings. The highest BCUT2D eigenvalue weighted by Gasteiger charge is 2.25. The molecule has 2 aromatic carbocycles. The lowest BCUT2D eigenvalue weighted by Crippen LogP contribution is -2.53. The maximum absolute atomic E-state index is 9.84. The Morgan fingerprint density at radius 2 is 1.47 bits per heavy atom. The predicted octanol–water partition coefficient (Wildman–Crippen LogP) is 4.49. The third kappa shape index (κ3) is 4.23. The maximum Gasteiger partial charge on any atom is 0.134 e. The van der Waals surface area contributed by atoms with Gasteiger partial charge < -0.3 is 0 Å². The molecular formula is C29H31BN4. The molecule has 0 radical (unpaired) electrons. The van der Waals surface area contributed by atoms with E-state index >= 15 is 0 Å². The Morgan fingerprint density at radius 1 is 0.882 bits per heavy atom. The first-order valence-corrected chi connectivity index (χ1v) is 12.0. The van der Waals surface area contributed by atoms with Gasteiger partial charge in [0.15, 0.2) is 0 Å². The third-order valence-corrected chi connectivity index (χ3v) is 7.14. The van der Waals surface area contributed by atoms with E-state index in [2.05, 4.69) is 99.5 Å². The molecule has 0 fully saturated rings. The molecule has 4 rings (SSSR count). The van der Waals surface area contributed by atoms with Crippen LogP contribution in [0.15, 0.2) is 60.0 Å². The molecule has 0 bridgehead atoms. The van der Waals surface area contributed by atoms with Crippen molar-refractivity contribution >= 4 is 13.0 Å². The number of hydrogen-bond donors (Lipinski definition) is 0. The maximum atomic E-state index is 9.84. The highest BCUT2D eigenvalue weighted by atomic mass is 15.1. The van der Waals surface area contributed by atoms with Crippen LogP contribution in [0.2, 0.25) is 5.82 Å². The summed E-state index contributed by atoms with van der Waals surface area (Å²) in [7, 11) is -0.870. The van der Waals surface area contributed by atoms with Crippen molar-refractivity contribution in [2.75, 3.05) is 0 Å². The minimum Gasteiger partial charge on any atom is -0.237 e. The smallest absolute Gasteiger partial charge is 0.134 e. The summed E-state index contributed by atoms with van der Waals surface area (Å²) in [5.74, 6) is -0.00887. The fourth-order valence-electron chi connectivity index (χ4n) is 5.93. The molecule has 0 aliphatic heterocycles. The third-order valence-electron chi connectivity index (χ3n) is 7.14. The summed E-state index contributed by atoms with van der Waals surface area (Å²) in [6.07, 6.45) is 8.85. The largest absolute Gasteiger partial charge is 0.237 e. The molecule has 1 aliphatic carbocycles. The summed E-state index contributed by atoms with van der Waals surface area (Å²) in [5.41, 5.74) is 12.6. The quantitative estimate of drug-likeness (QED) is 0.438. The molecule has 1 aliphatic rings. The number of benzene rings is 2. The number of nitrogens with zero attached hydrogens (tertiary/aromatic N) is 4. The normalized spacial score (nSPS) is 15.4. The number of rotatable bonds is 4. The van der Waals surface area contributed by atoms with Gasteiger partial charge in [0.2, 0.25) is 0 Å². The summed E-state index contributed by atoms with van der Waals surface area (Å²) in [5, 5.41) is 19.4. The van der Waals surface area contributed by atoms with Gasteiger partial charge in [0.05, 0.1) is 17.9 Å². The van der Waals surface area contributed by atoms with Crippen molar-refractivity contribution in [1.29, 1.82) is 10.5 Å². The van der Waals surface area contributed by atoms with E-state index in [0.29, 0.717) is 6.42 Å². The van der Waals surface area contributed by atoms with Crippen LogP contribution >= 0.6 is 0 Å². The Morgan fingerprint density at radius 3 is 2.03 bits per heavy atom. The van der Waals surface area contributed by atoms with Gasteiger partial charge in [0.25, 0.3) is 0 Å². The van der Waals surface area contributed by atoms with Crippen LogP contribution in [0.5, 0.6) is 0 Å². The molecule has 170 valence electrons. The van der Waals surface area contributed by atoms with Crippen molar-refractivity contribution in [2.45, 2.75) is 53.8 Å². The van der Waals surface area contributed by atoms with Gasteiger partial charge in [-0.1, -0.05) is 47.5 Å². The van der Waals surface area contributed by atoms with Gasteiger partial charge in [0, 0.05) is 12.0 Å². The average molecular weight is 446 g/mol. The zero-order chi connectivity index (χ0) is 24.6. The minimum atomic E-state index is -0.870. The molecule has 1 heterocycles. The number of aryl methyl sites for hydroxylation is 6. The SMILES string of the molecule is Cc1cc(C)c(-n2cc[n+](-c3c(C)cc(C)cc3C)c2[BH2-][C@@H]2C=C(C#N)CC=C2C#N)c(C)c1. The highest BCUT2D eigenvalue weighted by Crippen LogP contribution is 2.28. The molecule has 0 saturated carbocycles. The Hall–Kier alpha value is -3.83. The molecular weight excluding hydrogens is 415 g/mol. The molecule has 0 saturated heterocycles. The number of hydrogen-bond acceptors (Lipinski definition) is 2. The highest BCUT2D eigenvalue weighted by molar-refractivity contribution is 6.54. The summed E-state index contributed by atoms with van der Waals surface area (Å²) in [6, 6.07) is 13.6. The Kier molecular flexibility index (Phi) is 6.31. The van der Waals surface area contributed by atoms with Crippen LogP contribution in [-0.2, 0) is 0 Å². The molecule has 1 aromatic heterocycles. The molecule has 5 heteroatoms. The van der Waals surface area contributed by atoms with Crippen LogP contribution in [0, 0.1) is 64.2 Å². The van der Waals surface area contributed by atoms with Crippen molar-refractivity contribution in [3.05, 3.63) is 93.3 Å². The summed E-state index contributed by atoms with van der Waals surface area (Å²) >= 11 is 0. The van der Waals surface area contributed by atoms with Gasteiger partial charge in [-0.05, 0) is 69.4 Å². The van der Waals surface area contributed by atoms with E-state index < -0.39 is 7.28 Å². The molecule has 0 unspecified atom stereocenters. The van der Waals surface area contributed by atoms with Crippen molar-refractivity contribution in [2.24, 2.45) is 0 Å². The number of allylic oxidation sites excluding steroid dienone is 4. The molecule has 0 spiro atoms. The number of imidazole rings is 1. The Bertz CT molecular complexity index is 1320. The summed E-state index contributed by atoms with van der Waals surface area (Å²) in [4.78, 5) is 0. The second kappa shape index (κ2) is 9.20. The van der Waals surface area contributed by atoms with E-state index in [-0.39, 0.29) is 5.82 Å². The monoisotopic (exact) mass is 446 g/mol. The van der Waals surface area contributed by atoms with Gasteiger partial charge in [-0.15, -0.1) is 5.82 Å². The van der Waals surface area contributed by atoms with Crippen LogP contribution in [0.4, 0.5) is 0 Å². The van der Waals surface area contributed by atoms with Crippen LogP contribution < -0.4 is 10.3 Å². The lowest BCUT2D eigenvalue weighted by atomic mass is 9.58. The van der Waals surface area contributed by atoms with Gasteiger partial charge in [-0.25, -0.2) is 9.13 Å². The second-order valence-corrected chi connectivity index (χ2v) is 9.94. The predicted molar refractivity (Wildman–Crippen MR) is 140 cm³/mol. The molecule has 4 nitrogen and oxygen atoms in total. The first-order valence-electron chi connectivity index (χ1n) is 12.0. The average Bonchev–Trinajstić information content (AvgIpc) is 3.15. The van der Waals surface area contributed by atoms with Crippen LogP contribution in [0.3, 0.4) is 0 Å². The lowest BCUT2D eigenvalue weighted by molar-refractivity contribution is -0.576. The molecule has 1 atom stereocenters. The topological polar surface area (TPSA) is 56.4 Å². The zero-order valence-electron chi connectivity index (χ0n) is 21.2.